The van der Waals surface area contributed by atoms with Crippen LogP contribution in [0.3, 0.4) is 0 Å². The standard InChI is InChI=1S/C14H21NO/c1-4-15-14-10(3)8-11-6-7-12(16-5-2)9-13(11)14/h6-7,9-10,14-15H,4-5,8H2,1-3H3. The van der Waals surface area contributed by atoms with Crippen molar-refractivity contribution in [2.24, 2.45) is 5.92 Å². The molecule has 0 heterocycles. The number of benzene rings is 1. The maximum absolute atomic E-state index is 5.57. The fraction of sp³-hybridized carbons (Fsp3) is 0.571. The third-order valence-electron chi connectivity index (χ3n) is 3.30. The van der Waals surface area contributed by atoms with E-state index in [1.54, 1.807) is 0 Å². The van der Waals surface area contributed by atoms with Crippen LogP contribution >= 0.6 is 0 Å². The Morgan fingerprint density at radius 1 is 1.38 bits per heavy atom. The SMILES string of the molecule is CCNC1c2cc(OCC)ccc2CC1C. The molecule has 2 heteroatoms. The van der Waals surface area contributed by atoms with Crippen molar-refractivity contribution in [3.05, 3.63) is 29.3 Å². The Morgan fingerprint density at radius 2 is 2.19 bits per heavy atom. The molecule has 0 aromatic heterocycles. The van der Waals surface area contributed by atoms with E-state index in [9.17, 15) is 0 Å². The Hall–Kier alpha value is -1.02. The Kier molecular flexibility index (Phi) is 3.49. The van der Waals surface area contributed by atoms with Gasteiger partial charge in [0.2, 0.25) is 0 Å². The van der Waals surface area contributed by atoms with E-state index >= 15 is 0 Å². The van der Waals surface area contributed by atoms with Gasteiger partial charge in [-0.1, -0.05) is 19.9 Å². The molecule has 1 aliphatic carbocycles. The van der Waals surface area contributed by atoms with Crippen LogP contribution in [0.15, 0.2) is 18.2 Å². The van der Waals surface area contributed by atoms with Crippen molar-refractivity contribution in [3.63, 3.8) is 0 Å². The monoisotopic (exact) mass is 219 g/mol. The quantitative estimate of drug-likeness (QED) is 0.840. The average molecular weight is 219 g/mol. The molecule has 0 radical (unpaired) electrons. The summed E-state index contributed by atoms with van der Waals surface area (Å²) >= 11 is 0. The molecular weight excluding hydrogens is 198 g/mol. The van der Waals surface area contributed by atoms with Crippen molar-refractivity contribution in [1.82, 2.24) is 5.32 Å². The maximum Gasteiger partial charge on any atom is 0.119 e. The Bertz CT molecular complexity index is 362. The molecule has 2 atom stereocenters. The van der Waals surface area contributed by atoms with Crippen LogP contribution in [0.5, 0.6) is 5.75 Å². The lowest BCUT2D eigenvalue weighted by molar-refractivity contribution is 0.339. The lowest BCUT2D eigenvalue weighted by Gasteiger charge is -2.18. The molecular formula is C14H21NO. The van der Waals surface area contributed by atoms with E-state index < -0.39 is 0 Å². The van der Waals surface area contributed by atoms with E-state index in [0.29, 0.717) is 12.0 Å². The molecule has 1 N–H and O–H groups in total. The van der Waals surface area contributed by atoms with Gasteiger partial charge in [0, 0.05) is 6.04 Å². The van der Waals surface area contributed by atoms with Crippen molar-refractivity contribution in [2.75, 3.05) is 13.2 Å². The normalized spacial score (nSPS) is 23.2. The van der Waals surface area contributed by atoms with Crippen LogP contribution in [0.2, 0.25) is 0 Å². The predicted octanol–water partition coefficient (Wildman–Crippen LogP) is 2.93. The van der Waals surface area contributed by atoms with Gasteiger partial charge in [0.05, 0.1) is 6.61 Å². The summed E-state index contributed by atoms with van der Waals surface area (Å²) < 4.78 is 5.57. The summed E-state index contributed by atoms with van der Waals surface area (Å²) in [6.07, 6.45) is 1.18. The fourth-order valence-electron chi connectivity index (χ4n) is 2.61. The number of hydrogen-bond acceptors (Lipinski definition) is 2. The van der Waals surface area contributed by atoms with Crippen LogP contribution in [0.1, 0.15) is 37.9 Å². The zero-order valence-corrected chi connectivity index (χ0v) is 10.4. The minimum Gasteiger partial charge on any atom is -0.494 e. The first kappa shape index (κ1) is 11.5. The van der Waals surface area contributed by atoms with E-state index in [1.807, 2.05) is 6.92 Å². The summed E-state index contributed by atoms with van der Waals surface area (Å²) in [7, 11) is 0. The highest BCUT2D eigenvalue weighted by molar-refractivity contribution is 5.41. The molecule has 1 aromatic rings. The molecule has 2 rings (SSSR count). The second-order valence-corrected chi connectivity index (χ2v) is 4.51. The van der Waals surface area contributed by atoms with Gasteiger partial charge in [-0.25, -0.2) is 0 Å². The molecule has 0 saturated carbocycles. The van der Waals surface area contributed by atoms with Crippen LogP contribution in [-0.2, 0) is 6.42 Å². The molecule has 2 nitrogen and oxygen atoms in total. The van der Waals surface area contributed by atoms with Crippen molar-refractivity contribution < 1.29 is 4.74 Å². The molecule has 16 heavy (non-hydrogen) atoms. The highest BCUT2D eigenvalue weighted by Gasteiger charge is 2.28. The molecule has 0 aliphatic heterocycles. The van der Waals surface area contributed by atoms with Crippen molar-refractivity contribution in [2.45, 2.75) is 33.2 Å². The van der Waals surface area contributed by atoms with Crippen LogP contribution in [0.4, 0.5) is 0 Å². The fourth-order valence-corrected chi connectivity index (χ4v) is 2.61. The maximum atomic E-state index is 5.57. The smallest absolute Gasteiger partial charge is 0.119 e. The topological polar surface area (TPSA) is 21.3 Å². The van der Waals surface area contributed by atoms with Gasteiger partial charge in [0.15, 0.2) is 0 Å². The lowest BCUT2D eigenvalue weighted by atomic mass is 10.0. The van der Waals surface area contributed by atoms with E-state index in [2.05, 4.69) is 37.4 Å². The second-order valence-electron chi connectivity index (χ2n) is 4.51. The Balaban J connectivity index is 2.27. The van der Waals surface area contributed by atoms with Gasteiger partial charge in [0.25, 0.3) is 0 Å². The zero-order valence-electron chi connectivity index (χ0n) is 10.4. The minimum absolute atomic E-state index is 0.500. The van der Waals surface area contributed by atoms with Crippen molar-refractivity contribution >= 4 is 0 Å². The van der Waals surface area contributed by atoms with Gasteiger partial charge >= 0.3 is 0 Å². The first-order chi connectivity index (χ1) is 7.76. The molecule has 0 saturated heterocycles. The van der Waals surface area contributed by atoms with Crippen LogP contribution in [0.25, 0.3) is 0 Å². The van der Waals surface area contributed by atoms with Gasteiger partial charge in [-0.05, 0) is 49.1 Å². The largest absolute Gasteiger partial charge is 0.494 e. The van der Waals surface area contributed by atoms with Gasteiger partial charge < -0.3 is 10.1 Å². The summed E-state index contributed by atoms with van der Waals surface area (Å²) in [6, 6.07) is 7.01. The minimum atomic E-state index is 0.500. The number of fused-ring (bicyclic) bond motifs is 1. The molecule has 2 unspecified atom stereocenters. The third-order valence-corrected chi connectivity index (χ3v) is 3.30. The highest BCUT2D eigenvalue weighted by Crippen LogP contribution is 2.37. The highest BCUT2D eigenvalue weighted by atomic mass is 16.5. The number of ether oxygens (including phenoxy) is 1. The first-order valence-corrected chi connectivity index (χ1v) is 6.25. The van der Waals surface area contributed by atoms with Crippen LogP contribution in [0, 0.1) is 5.92 Å². The van der Waals surface area contributed by atoms with E-state index in [0.717, 1.165) is 18.9 Å². The van der Waals surface area contributed by atoms with E-state index in [-0.39, 0.29) is 0 Å². The molecule has 1 aromatic carbocycles. The number of nitrogens with one attached hydrogen (secondary N) is 1. The molecule has 0 amide bonds. The molecule has 1 aliphatic rings. The average Bonchev–Trinajstić information content (AvgIpc) is 2.57. The summed E-state index contributed by atoms with van der Waals surface area (Å²) in [4.78, 5) is 0. The molecule has 0 fully saturated rings. The van der Waals surface area contributed by atoms with E-state index in [4.69, 9.17) is 4.74 Å². The van der Waals surface area contributed by atoms with Crippen molar-refractivity contribution in [3.8, 4) is 5.75 Å². The van der Waals surface area contributed by atoms with Crippen LogP contribution in [-0.4, -0.2) is 13.2 Å². The van der Waals surface area contributed by atoms with Gasteiger partial charge in [-0.2, -0.15) is 0 Å². The predicted molar refractivity (Wildman–Crippen MR) is 66.9 cm³/mol. The van der Waals surface area contributed by atoms with Gasteiger partial charge in [-0.3, -0.25) is 0 Å². The molecule has 0 bridgehead atoms. The van der Waals surface area contributed by atoms with Crippen LogP contribution < -0.4 is 10.1 Å². The summed E-state index contributed by atoms with van der Waals surface area (Å²) in [5.41, 5.74) is 2.90. The third kappa shape index (κ3) is 2.07. The van der Waals surface area contributed by atoms with E-state index in [1.165, 1.54) is 17.5 Å². The van der Waals surface area contributed by atoms with Gasteiger partial charge in [0.1, 0.15) is 5.75 Å². The second kappa shape index (κ2) is 4.88. The number of rotatable bonds is 4. The number of hydrogen-bond donors (Lipinski definition) is 1. The van der Waals surface area contributed by atoms with Crippen molar-refractivity contribution in [1.29, 1.82) is 0 Å². The summed E-state index contributed by atoms with van der Waals surface area (Å²) in [5.74, 6) is 1.69. The first-order valence-electron chi connectivity index (χ1n) is 6.25. The molecule has 0 spiro atoms. The Labute approximate surface area is 98.0 Å². The Morgan fingerprint density at radius 3 is 2.88 bits per heavy atom. The van der Waals surface area contributed by atoms with Gasteiger partial charge in [-0.15, -0.1) is 0 Å². The lowest BCUT2D eigenvalue weighted by Crippen LogP contribution is -2.23. The molecule has 88 valence electrons. The summed E-state index contributed by atoms with van der Waals surface area (Å²) in [6.45, 7) is 8.26. The summed E-state index contributed by atoms with van der Waals surface area (Å²) in [5, 5.41) is 3.56. The zero-order chi connectivity index (χ0) is 11.5.